The number of halogens is 1. The SMILES string of the molecule is N#N.O=C1Nc2cc(Cl)ccc2C1=O. The Labute approximate surface area is 84.1 Å². The first kappa shape index (κ1) is 10.2. The van der Waals surface area contributed by atoms with Crippen molar-refractivity contribution < 1.29 is 9.59 Å². The molecule has 1 amide bonds. The molecule has 0 fully saturated rings. The van der Waals surface area contributed by atoms with E-state index in [1.165, 1.54) is 6.07 Å². The standard InChI is InChI=1S/C8H4ClNO2.N2/c9-4-1-2-5-6(3-4)10-8(12)7(5)11;1-2/h1-3H,(H,10,11,12);. The number of hydrogen-bond acceptors (Lipinski definition) is 4. The average molecular weight is 210 g/mol. The molecule has 5 nitrogen and oxygen atoms in total. The van der Waals surface area contributed by atoms with Gasteiger partial charge in [0.25, 0.3) is 11.7 Å². The summed E-state index contributed by atoms with van der Waals surface area (Å²) in [6.07, 6.45) is 0. The minimum absolute atomic E-state index is 0.393. The summed E-state index contributed by atoms with van der Waals surface area (Å²) < 4.78 is 0. The molecule has 0 spiro atoms. The highest BCUT2D eigenvalue weighted by Crippen LogP contribution is 2.25. The van der Waals surface area contributed by atoms with Crippen LogP contribution in [0.1, 0.15) is 10.4 Å². The Hall–Kier alpha value is -1.93. The third kappa shape index (κ3) is 1.56. The Balaban J connectivity index is 0.000000461. The topological polar surface area (TPSA) is 93.8 Å². The molecule has 0 atom stereocenters. The lowest BCUT2D eigenvalue weighted by molar-refractivity contribution is -0.112. The summed E-state index contributed by atoms with van der Waals surface area (Å²) >= 11 is 5.66. The highest BCUT2D eigenvalue weighted by Gasteiger charge is 2.27. The van der Waals surface area contributed by atoms with E-state index in [9.17, 15) is 9.59 Å². The van der Waals surface area contributed by atoms with Crippen molar-refractivity contribution in [3.8, 4) is 0 Å². The summed E-state index contributed by atoms with van der Waals surface area (Å²) in [5.74, 6) is -1.09. The molecule has 0 bridgehead atoms. The smallest absolute Gasteiger partial charge is 0.296 e. The lowest BCUT2D eigenvalue weighted by Gasteiger charge is -1.95. The van der Waals surface area contributed by atoms with E-state index in [1.54, 1.807) is 12.1 Å². The van der Waals surface area contributed by atoms with E-state index in [0.717, 1.165) is 0 Å². The van der Waals surface area contributed by atoms with Gasteiger partial charge in [-0.15, -0.1) is 0 Å². The van der Waals surface area contributed by atoms with Crippen LogP contribution in [0.5, 0.6) is 0 Å². The number of ketones is 1. The number of hydrogen-bond donors (Lipinski definition) is 1. The average Bonchev–Trinajstić information content (AvgIpc) is 2.45. The summed E-state index contributed by atoms with van der Waals surface area (Å²) in [6.45, 7) is 0. The van der Waals surface area contributed by atoms with Gasteiger partial charge in [0.05, 0.1) is 11.3 Å². The van der Waals surface area contributed by atoms with E-state index < -0.39 is 11.7 Å². The van der Waals surface area contributed by atoms with Gasteiger partial charge >= 0.3 is 0 Å². The number of fused-ring (bicyclic) bond motifs is 1. The fourth-order valence-corrected chi connectivity index (χ4v) is 1.29. The van der Waals surface area contributed by atoms with Crippen molar-refractivity contribution in [1.82, 2.24) is 0 Å². The third-order valence-electron chi connectivity index (χ3n) is 1.68. The molecule has 6 heteroatoms. The monoisotopic (exact) mass is 209 g/mol. The van der Waals surface area contributed by atoms with Crippen LogP contribution < -0.4 is 5.32 Å². The normalized spacial score (nSPS) is 12.5. The van der Waals surface area contributed by atoms with Crippen LogP contribution in [-0.2, 0) is 4.79 Å². The predicted octanol–water partition coefficient (Wildman–Crippen LogP) is 1.50. The van der Waals surface area contributed by atoms with Crippen LogP contribution in [0.4, 0.5) is 5.69 Å². The van der Waals surface area contributed by atoms with Crippen LogP contribution in [0, 0.1) is 10.8 Å². The Bertz CT molecular complexity index is 428. The van der Waals surface area contributed by atoms with Gasteiger partial charge in [-0.05, 0) is 18.2 Å². The quantitative estimate of drug-likeness (QED) is 0.518. The van der Waals surface area contributed by atoms with Gasteiger partial charge < -0.3 is 5.32 Å². The molecular weight excluding hydrogens is 206 g/mol. The predicted molar refractivity (Wildman–Crippen MR) is 47.9 cm³/mol. The van der Waals surface area contributed by atoms with E-state index in [1.807, 2.05) is 0 Å². The molecule has 1 N–H and O–H groups in total. The minimum Gasteiger partial charge on any atom is -0.318 e. The number of nitrogens with one attached hydrogen (secondary N) is 1. The number of rotatable bonds is 0. The number of carbonyl (C=O) groups excluding carboxylic acids is 2. The zero-order valence-corrected chi connectivity index (χ0v) is 7.58. The van der Waals surface area contributed by atoms with E-state index in [-0.39, 0.29) is 0 Å². The van der Waals surface area contributed by atoms with Crippen molar-refractivity contribution >= 4 is 29.0 Å². The van der Waals surface area contributed by atoms with Crippen molar-refractivity contribution in [2.45, 2.75) is 0 Å². The maximum Gasteiger partial charge on any atom is 0.296 e. The fourth-order valence-electron chi connectivity index (χ4n) is 1.12. The first-order valence-corrected chi connectivity index (χ1v) is 3.91. The summed E-state index contributed by atoms with van der Waals surface area (Å²) in [6, 6.07) is 4.68. The molecule has 0 saturated heterocycles. The first-order valence-electron chi connectivity index (χ1n) is 3.54. The lowest BCUT2D eigenvalue weighted by atomic mass is 10.1. The second-order valence-electron chi connectivity index (χ2n) is 2.47. The molecular formula is C8H4ClN3O2. The van der Waals surface area contributed by atoms with Crippen molar-refractivity contribution in [2.24, 2.45) is 0 Å². The van der Waals surface area contributed by atoms with Gasteiger partial charge in [-0.1, -0.05) is 11.6 Å². The summed E-state index contributed by atoms with van der Waals surface area (Å²) in [5, 5.41) is 14.9. The van der Waals surface area contributed by atoms with Gasteiger partial charge in [-0.3, -0.25) is 9.59 Å². The van der Waals surface area contributed by atoms with Crippen LogP contribution in [0.3, 0.4) is 0 Å². The number of amides is 1. The van der Waals surface area contributed by atoms with Crippen LogP contribution in [0.25, 0.3) is 0 Å². The molecule has 0 aliphatic carbocycles. The molecule has 0 unspecified atom stereocenters. The highest BCUT2D eigenvalue weighted by atomic mass is 35.5. The number of Topliss-reactive ketones (excluding diaryl/α,β-unsaturated/α-hetero) is 1. The van der Waals surface area contributed by atoms with Gasteiger partial charge in [0.15, 0.2) is 0 Å². The van der Waals surface area contributed by atoms with Gasteiger partial charge in [-0.2, -0.15) is 0 Å². The van der Waals surface area contributed by atoms with E-state index >= 15 is 0 Å². The molecule has 1 aromatic carbocycles. The van der Waals surface area contributed by atoms with Gasteiger partial charge in [-0.25, -0.2) is 0 Å². The molecule has 1 aliphatic rings. The van der Waals surface area contributed by atoms with E-state index in [2.05, 4.69) is 5.32 Å². The highest BCUT2D eigenvalue weighted by molar-refractivity contribution is 6.51. The molecule has 70 valence electrons. The molecule has 2 rings (SSSR count). The second-order valence-corrected chi connectivity index (χ2v) is 2.91. The largest absolute Gasteiger partial charge is 0.318 e. The van der Waals surface area contributed by atoms with Gasteiger partial charge in [0, 0.05) is 15.8 Å². The Morgan fingerprint density at radius 2 is 1.86 bits per heavy atom. The zero-order chi connectivity index (χ0) is 10.7. The fraction of sp³-hybridized carbons (Fsp3) is 0. The molecule has 14 heavy (non-hydrogen) atoms. The maximum absolute atomic E-state index is 11.1. The number of anilines is 1. The third-order valence-corrected chi connectivity index (χ3v) is 1.92. The molecule has 0 radical (unpaired) electrons. The second kappa shape index (κ2) is 3.85. The molecule has 1 aromatic rings. The van der Waals surface area contributed by atoms with Crippen LogP contribution >= 0.6 is 11.6 Å². The van der Waals surface area contributed by atoms with Crippen molar-refractivity contribution in [1.29, 1.82) is 10.8 Å². The minimum atomic E-state index is -0.590. The Morgan fingerprint density at radius 1 is 1.21 bits per heavy atom. The maximum atomic E-state index is 11.1. The van der Waals surface area contributed by atoms with Crippen LogP contribution in [0.2, 0.25) is 5.02 Å². The van der Waals surface area contributed by atoms with Gasteiger partial charge in [0.1, 0.15) is 0 Å². The summed E-state index contributed by atoms with van der Waals surface area (Å²) in [7, 11) is 0. The van der Waals surface area contributed by atoms with Crippen molar-refractivity contribution in [3.63, 3.8) is 0 Å². The number of benzene rings is 1. The molecule has 0 saturated carbocycles. The van der Waals surface area contributed by atoms with Gasteiger partial charge in [0.2, 0.25) is 0 Å². The Kier molecular flexibility index (Phi) is 2.79. The van der Waals surface area contributed by atoms with Crippen molar-refractivity contribution in [3.05, 3.63) is 28.8 Å². The zero-order valence-electron chi connectivity index (χ0n) is 6.82. The van der Waals surface area contributed by atoms with Crippen LogP contribution in [0.15, 0.2) is 18.2 Å². The number of carbonyl (C=O) groups is 2. The summed E-state index contributed by atoms with van der Waals surface area (Å²) in [4.78, 5) is 21.9. The van der Waals surface area contributed by atoms with E-state index in [0.29, 0.717) is 16.3 Å². The van der Waals surface area contributed by atoms with Crippen LogP contribution in [-0.4, -0.2) is 11.7 Å². The van der Waals surface area contributed by atoms with Crippen molar-refractivity contribution in [2.75, 3.05) is 5.32 Å². The van der Waals surface area contributed by atoms with E-state index in [4.69, 9.17) is 22.4 Å². The summed E-state index contributed by atoms with van der Waals surface area (Å²) in [5.41, 5.74) is 0.891. The molecule has 1 aliphatic heterocycles. The first-order chi connectivity index (χ1) is 6.68. The number of nitrogens with zero attached hydrogens (tertiary/aromatic N) is 2. The lowest BCUT2D eigenvalue weighted by Crippen LogP contribution is -2.12. The Morgan fingerprint density at radius 3 is 2.50 bits per heavy atom. The molecule has 1 heterocycles. The molecule has 0 aromatic heterocycles.